The maximum atomic E-state index is 12.6. The number of nitrogens with zero attached hydrogens (tertiary/aromatic N) is 1. The summed E-state index contributed by atoms with van der Waals surface area (Å²) >= 11 is 0. The van der Waals surface area contributed by atoms with Crippen molar-refractivity contribution in [1.82, 2.24) is 14.3 Å². The largest absolute Gasteiger partial charge is 0.330 e. The first-order valence-electron chi connectivity index (χ1n) is 6.66. The number of nitrogens with one attached hydrogen (secondary N) is 2. The van der Waals surface area contributed by atoms with Crippen LogP contribution >= 0.6 is 0 Å². The zero-order valence-corrected chi connectivity index (χ0v) is 13.3. The highest BCUT2D eigenvalue weighted by molar-refractivity contribution is 7.89. The van der Waals surface area contributed by atoms with Crippen molar-refractivity contribution in [3.8, 4) is 0 Å². The van der Waals surface area contributed by atoms with Crippen LogP contribution in [0, 0.1) is 5.41 Å². The van der Waals surface area contributed by atoms with Gasteiger partial charge in [-0.05, 0) is 18.4 Å². The average molecular weight is 318 g/mol. The predicted molar refractivity (Wildman–Crippen MR) is 79.6 cm³/mol. The molecule has 1 heterocycles. The van der Waals surface area contributed by atoms with Gasteiger partial charge in [-0.3, -0.25) is 9.78 Å². The lowest BCUT2D eigenvalue weighted by molar-refractivity contribution is 0.266. The zero-order valence-electron chi connectivity index (χ0n) is 12.5. The Balaban J connectivity index is 3.28. The molecule has 0 aliphatic carbocycles. The number of H-pyrrole nitrogens is 2. The minimum atomic E-state index is -3.99. The summed E-state index contributed by atoms with van der Waals surface area (Å²) in [6.07, 6.45) is 1.52. The molecule has 1 aromatic heterocycles. The minimum Gasteiger partial charge on any atom is -0.330 e. The van der Waals surface area contributed by atoms with Crippen molar-refractivity contribution >= 4 is 10.0 Å². The molecule has 1 aromatic rings. The quantitative estimate of drug-likeness (QED) is 0.621. The van der Waals surface area contributed by atoms with Gasteiger partial charge in [-0.25, -0.2) is 13.2 Å². The number of rotatable bonds is 7. The summed E-state index contributed by atoms with van der Waals surface area (Å²) < 4.78 is 26.4. The van der Waals surface area contributed by atoms with Crippen LogP contribution in [-0.2, 0) is 10.0 Å². The summed E-state index contributed by atoms with van der Waals surface area (Å²) in [4.78, 5) is 26.4. The maximum absolute atomic E-state index is 12.6. The summed E-state index contributed by atoms with van der Waals surface area (Å²) in [5, 5.41) is 0. The first-order valence-corrected chi connectivity index (χ1v) is 8.10. The third kappa shape index (κ3) is 4.26. The first-order chi connectivity index (χ1) is 9.64. The highest BCUT2D eigenvalue weighted by Gasteiger charge is 2.31. The van der Waals surface area contributed by atoms with Crippen LogP contribution in [0.2, 0.25) is 0 Å². The Morgan fingerprint density at radius 1 is 1.33 bits per heavy atom. The summed E-state index contributed by atoms with van der Waals surface area (Å²) in [5.41, 5.74) is 3.55. The number of hydrogen-bond donors (Lipinski definition) is 3. The molecule has 0 fully saturated rings. The molecular weight excluding hydrogens is 296 g/mol. The lowest BCUT2D eigenvalue weighted by atomic mass is 9.94. The van der Waals surface area contributed by atoms with E-state index in [-0.39, 0.29) is 13.1 Å². The van der Waals surface area contributed by atoms with E-state index in [9.17, 15) is 18.0 Å². The molecule has 0 unspecified atom stereocenters. The van der Waals surface area contributed by atoms with Gasteiger partial charge in [0.15, 0.2) is 4.90 Å². The third-order valence-electron chi connectivity index (χ3n) is 3.03. The topological polar surface area (TPSA) is 129 Å². The van der Waals surface area contributed by atoms with Crippen LogP contribution < -0.4 is 17.0 Å². The van der Waals surface area contributed by atoms with Gasteiger partial charge in [-0.1, -0.05) is 20.8 Å². The van der Waals surface area contributed by atoms with Crippen LogP contribution in [0.15, 0.2) is 20.7 Å². The van der Waals surface area contributed by atoms with Crippen molar-refractivity contribution in [2.75, 3.05) is 19.6 Å². The number of nitrogens with two attached hydrogens (primary N) is 1. The van der Waals surface area contributed by atoms with Crippen LogP contribution in [0.1, 0.15) is 27.2 Å². The molecule has 0 radical (unpaired) electrons. The molecule has 120 valence electrons. The first kappa shape index (κ1) is 17.6. The van der Waals surface area contributed by atoms with Gasteiger partial charge in [0.1, 0.15) is 0 Å². The van der Waals surface area contributed by atoms with Crippen LogP contribution in [0.3, 0.4) is 0 Å². The molecule has 1 rings (SSSR count). The van der Waals surface area contributed by atoms with E-state index in [2.05, 4.69) is 4.98 Å². The second-order valence-corrected chi connectivity index (χ2v) is 7.55. The predicted octanol–water partition coefficient (Wildman–Crippen LogP) is -0.551. The van der Waals surface area contributed by atoms with Crippen molar-refractivity contribution < 1.29 is 8.42 Å². The van der Waals surface area contributed by atoms with E-state index >= 15 is 0 Å². The lowest BCUT2D eigenvalue weighted by Gasteiger charge is -2.30. The van der Waals surface area contributed by atoms with Crippen LogP contribution in [0.5, 0.6) is 0 Å². The molecule has 0 amide bonds. The Hall–Kier alpha value is -1.45. The fourth-order valence-electron chi connectivity index (χ4n) is 1.80. The fourth-order valence-corrected chi connectivity index (χ4v) is 3.52. The van der Waals surface area contributed by atoms with Crippen LogP contribution in [-0.4, -0.2) is 42.3 Å². The normalized spacial score (nSPS) is 12.8. The monoisotopic (exact) mass is 318 g/mol. The Labute approximate surface area is 123 Å². The Morgan fingerprint density at radius 3 is 2.43 bits per heavy atom. The smallest absolute Gasteiger partial charge is 0.325 e. The molecule has 0 atom stereocenters. The van der Waals surface area contributed by atoms with Crippen molar-refractivity contribution in [3.63, 3.8) is 0 Å². The lowest BCUT2D eigenvalue weighted by Crippen LogP contribution is -2.44. The zero-order chi connectivity index (χ0) is 16.3. The number of aromatic amines is 2. The summed E-state index contributed by atoms with van der Waals surface area (Å²) in [6.45, 7) is 6.31. The summed E-state index contributed by atoms with van der Waals surface area (Å²) in [7, 11) is -3.99. The number of aromatic nitrogens is 2. The van der Waals surface area contributed by atoms with Gasteiger partial charge in [0, 0.05) is 19.3 Å². The number of sulfonamides is 1. The molecule has 8 nitrogen and oxygen atoms in total. The SMILES string of the molecule is CCCN(CC(C)(C)CN)S(=O)(=O)c1c[nH]c(=O)[nH]c1=O. The van der Waals surface area contributed by atoms with Gasteiger partial charge in [-0.15, -0.1) is 0 Å². The van der Waals surface area contributed by atoms with Gasteiger partial charge >= 0.3 is 5.69 Å². The summed E-state index contributed by atoms with van der Waals surface area (Å²) in [6, 6.07) is 0. The van der Waals surface area contributed by atoms with Gasteiger partial charge < -0.3 is 10.7 Å². The highest BCUT2D eigenvalue weighted by atomic mass is 32.2. The van der Waals surface area contributed by atoms with Gasteiger partial charge in [0.05, 0.1) is 0 Å². The Morgan fingerprint density at radius 2 is 1.95 bits per heavy atom. The van der Waals surface area contributed by atoms with Crippen LogP contribution in [0.25, 0.3) is 0 Å². The van der Waals surface area contributed by atoms with Crippen LogP contribution in [0.4, 0.5) is 0 Å². The molecule has 21 heavy (non-hydrogen) atoms. The molecule has 0 aliphatic rings. The summed E-state index contributed by atoms with van der Waals surface area (Å²) in [5.74, 6) is 0. The van der Waals surface area contributed by atoms with Gasteiger partial charge in [-0.2, -0.15) is 4.31 Å². The van der Waals surface area contributed by atoms with E-state index in [1.165, 1.54) is 4.31 Å². The molecule has 0 saturated carbocycles. The van der Waals surface area contributed by atoms with E-state index < -0.39 is 31.6 Å². The average Bonchev–Trinajstić information content (AvgIpc) is 2.37. The van der Waals surface area contributed by atoms with E-state index in [0.29, 0.717) is 13.0 Å². The molecular formula is C12H22N4O4S. The fraction of sp³-hybridized carbons (Fsp3) is 0.667. The van der Waals surface area contributed by atoms with Crippen molar-refractivity contribution in [1.29, 1.82) is 0 Å². The Bertz CT molecular complexity index is 690. The van der Waals surface area contributed by atoms with Crippen molar-refractivity contribution in [3.05, 3.63) is 27.0 Å². The molecule has 0 bridgehead atoms. The van der Waals surface area contributed by atoms with Gasteiger partial charge in [0.2, 0.25) is 10.0 Å². The molecule has 9 heteroatoms. The van der Waals surface area contributed by atoms with E-state index in [0.717, 1.165) is 6.20 Å². The second kappa shape index (κ2) is 6.54. The molecule has 0 aliphatic heterocycles. The number of hydrogen-bond acceptors (Lipinski definition) is 5. The van der Waals surface area contributed by atoms with E-state index in [1.807, 2.05) is 25.8 Å². The third-order valence-corrected chi connectivity index (χ3v) is 4.88. The van der Waals surface area contributed by atoms with E-state index in [1.54, 1.807) is 0 Å². The molecule has 0 aromatic carbocycles. The molecule has 4 N–H and O–H groups in total. The second-order valence-electron chi connectivity index (χ2n) is 5.64. The van der Waals surface area contributed by atoms with Crippen molar-refractivity contribution in [2.24, 2.45) is 11.1 Å². The van der Waals surface area contributed by atoms with Crippen molar-refractivity contribution in [2.45, 2.75) is 32.1 Å². The minimum absolute atomic E-state index is 0.193. The molecule has 0 saturated heterocycles. The highest BCUT2D eigenvalue weighted by Crippen LogP contribution is 2.20. The van der Waals surface area contributed by atoms with Gasteiger partial charge in [0.25, 0.3) is 5.56 Å². The standard InChI is InChI=1S/C12H22N4O4S/c1-4-5-16(8-12(2,3)7-13)21(19,20)9-6-14-11(18)15-10(9)17/h6H,4-5,7-8,13H2,1-3H3,(H2,14,15,17,18). The van der Waals surface area contributed by atoms with E-state index in [4.69, 9.17) is 5.73 Å². The maximum Gasteiger partial charge on any atom is 0.325 e. The molecule has 0 spiro atoms. The Kier molecular flexibility index (Phi) is 5.48.